The van der Waals surface area contributed by atoms with Gasteiger partial charge < -0.3 is 15.4 Å². The Balaban J connectivity index is 2.02. The molecule has 0 atom stereocenters. The second-order valence-corrected chi connectivity index (χ2v) is 8.38. The molecule has 3 aromatic carbocycles. The predicted molar refractivity (Wildman–Crippen MR) is 121 cm³/mol. The van der Waals surface area contributed by atoms with E-state index in [1.54, 1.807) is 5.32 Å². The van der Waals surface area contributed by atoms with Crippen molar-refractivity contribution in [3.05, 3.63) is 88.2 Å². The second-order valence-electron chi connectivity index (χ2n) is 8.38. The smallest absolute Gasteiger partial charge is 0.433 e. The van der Waals surface area contributed by atoms with Crippen molar-refractivity contribution in [1.82, 2.24) is 0 Å². The van der Waals surface area contributed by atoms with Gasteiger partial charge in [-0.2, -0.15) is 35.1 Å². The maximum atomic E-state index is 15.1. The minimum absolute atomic E-state index is 0.0323. The first-order valence-corrected chi connectivity index (χ1v) is 11.1. The Morgan fingerprint density at radius 1 is 0.762 bits per heavy atom. The number of carbonyl (C=O) groups is 2. The molecule has 2 amide bonds. The molecule has 0 unspecified atom stereocenters. The third-order valence-corrected chi connectivity index (χ3v) is 5.62. The van der Waals surface area contributed by atoms with Crippen LogP contribution in [0.4, 0.5) is 64.1 Å². The van der Waals surface area contributed by atoms with E-state index >= 15 is 4.39 Å². The van der Waals surface area contributed by atoms with Crippen LogP contribution in [0.25, 0.3) is 0 Å². The SMILES string of the molecule is Cc1cc(C(F)(C(F)(F)F)C(F)(F)F)cc(OC(F)F)c1NC(=O)c1cccc(NC(=O)c2cccc(F)c2F)c1F. The predicted octanol–water partition coefficient (Wildman–Crippen LogP) is 7.81. The van der Waals surface area contributed by atoms with Crippen LogP contribution in [0.15, 0.2) is 48.5 Å². The van der Waals surface area contributed by atoms with E-state index in [4.69, 9.17) is 0 Å². The zero-order chi connectivity index (χ0) is 31.8. The summed E-state index contributed by atoms with van der Waals surface area (Å²) in [6.07, 6.45) is -13.2. The summed E-state index contributed by atoms with van der Waals surface area (Å²) >= 11 is 0. The zero-order valence-corrected chi connectivity index (χ0v) is 20.5. The Morgan fingerprint density at radius 2 is 1.29 bits per heavy atom. The van der Waals surface area contributed by atoms with Crippen LogP contribution in [0.3, 0.4) is 0 Å². The lowest BCUT2D eigenvalue weighted by Gasteiger charge is -2.31. The number of benzene rings is 3. The van der Waals surface area contributed by atoms with Crippen molar-refractivity contribution in [2.24, 2.45) is 0 Å². The third kappa shape index (κ3) is 6.08. The highest BCUT2D eigenvalue weighted by Gasteiger charge is 2.73. The van der Waals surface area contributed by atoms with Crippen LogP contribution in [0.5, 0.6) is 5.75 Å². The van der Waals surface area contributed by atoms with Gasteiger partial charge in [0.15, 0.2) is 17.5 Å². The fourth-order valence-corrected chi connectivity index (χ4v) is 3.64. The van der Waals surface area contributed by atoms with Crippen molar-refractivity contribution in [2.75, 3.05) is 10.6 Å². The van der Waals surface area contributed by atoms with Crippen molar-refractivity contribution in [3.8, 4) is 5.75 Å². The van der Waals surface area contributed by atoms with E-state index in [1.807, 2.05) is 5.32 Å². The molecule has 0 aliphatic heterocycles. The van der Waals surface area contributed by atoms with Gasteiger partial charge in [-0.05, 0) is 48.9 Å². The topological polar surface area (TPSA) is 67.4 Å². The summed E-state index contributed by atoms with van der Waals surface area (Å²) in [5.74, 6) is -8.95. The van der Waals surface area contributed by atoms with E-state index in [0.717, 1.165) is 30.3 Å². The highest BCUT2D eigenvalue weighted by Crippen LogP contribution is 2.54. The molecule has 0 saturated heterocycles. The van der Waals surface area contributed by atoms with E-state index in [-0.39, 0.29) is 12.1 Å². The summed E-state index contributed by atoms with van der Waals surface area (Å²) in [6.45, 7) is -3.18. The van der Waals surface area contributed by atoms with Crippen LogP contribution in [0.2, 0.25) is 0 Å². The molecule has 0 aliphatic rings. The average Bonchev–Trinajstić information content (AvgIpc) is 2.86. The summed E-state index contributed by atoms with van der Waals surface area (Å²) in [6, 6.07) is 4.73. The molecule has 0 spiro atoms. The first-order valence-electron chi connectivity index (χ1n) is 11.1. The fourth-order valence-electron chi connectivity index (χ4n) is 3.64. The molecule has 3 rings (SSSR count). The van der Waals surface area contributed by atoms with Crippen molar-refractivity contribution in [3.63, 3.8) is 0 Å². The standard InChI is InChI=1S/C25H14F12N2O3/c1-10-8-11(23(31,24(32,33)34)25(35,36)37)9-16(42-22(29)30)19(10)39-21(41)13-5-3-7-15(18(13)28)38-20(40)12-4-2-6-14(26)17(12)27/h2-9,22H,1H3,(H,38,40)(H,39,41). The fraction of sp³-hybridized carbons (Fsp3) is 0.200. The van der Waals surface area contributed by atoms with Crippen LogP contribution >= 0.6 is 0 Å². The number of carbonyl (C=O) groups excluding carboxylic acids is 2. The minimum atomic E-state index is -6.60. The summed E-state index contributed by atoms with van der Waals surface area (Å²) in [5, 5.41) is 3.66. The summed E-state index contributed by atoms with van der Waals surface area (Å²) in [7, 11) is 0. The van der Waals surface area contributed by atoms with Gasteiger partial charge in [0.2, 0.25) is 0 Å². The highest BCUT2D eigenvalue weighted by molar-refractivity contribution is 6.08. The molecule has 0 heterocycles. The average molecular weight is 618 g/mol. The third-order valence-electron chi connectivity index (χ3n) is 5.62. The van der Waals surface area contributed by atoms with E-state index < -0.39 is 93.3 Å². The van der Waals surface area contributed by atoms with Crippen molar-refractivity contribution < 1.29 is 67.0 Å². The number of alkyl halides is 9. The Morgan fingerprint density at radius 3 is 1.83 bits per heavy atom. The van der Waals surface area contributed by atoms with Crippen molar-refractivity contribution in [2.45, 2.75) is 31.6 Å². The summed E-state index contributed by atoms with van der Waals surface area (Å²) in [5.41, 5.74) is -12.6. The monoisotopic (exact) mass is 618 g/mol. The van der Waals surface area contributed by atoms with Crippen LogP contribution in [0, 0.1) is 24.4 Å². The largest absolute Gasteiger partial charge is 0.435 e. The minimum Gasteiger partial charge on any atom is -0.433 e. The van der Waals surface area contributed by atoms with Gasteiger partial charge in [0.25, 0.3) is 11.8 Å². The van der Waals surface area contributed by atoms with E-state index in [1.165, 1.54) is 0 Å². The Bertz CT molecular complexity index is 1510. The first-order chi connectivity index (χ1) is 19.3. The van der Waals surface area contributed by atoms with Gasteiger partial charge in [-0.3, -0.25) is 9.59 Å². The van der Waals surface area contributed by atoms with Gasteiger partial charge in [0.1, 0.15) is 5.75 Å². The van der Waals surface area contributed by atoms with Gasteiger partial charge in [-0.25, -0.2) is 17.6 Å². The van der Waals surface area contributed by atoms with Gasteiger partial charge in [0, 0.05) is 5.56 Å². The molecule has 0 aliphatic carbocycles. The molecule has 42 heavy (non-hydrogen) atoms. The second kappa shape index (κ2) is 11.4. The lowest BCUT2D eigenvalue weighted by molar-refractivity contribution is -0.348. The number of hydrogen-bond donors (Lipinski definition) is 2. The number of nitrogens with one attached hydrogen (secondary N) is 2. The van der Waals surface area contributed by atoms with E-state index in [9.17, 15) is 57.9 Å². The molecule has 17 heteroatoms. The Hall–Kier alpha value is -4.44. The van der Waals surface area contributed by atoms with Gasteiger partial charge in [0.05, 0.1) is 22.5 Å². The van der Waals surface area contributed by atoms with Crippen molar-refractivity contribution >= 4 is 23.2 Å². The molecule has 0 radical (unpaired) electrons. The van der Waals surface area contributed by atoms with Gasteiger partial charge in [-0.15, -0.1) is 0 Å². The maximum absolute atomic E-state index is 15.1. The molecule has 2 N–H and O–H groups in total. The molecule has 226 valence electrons. The molecule has 3 aromatic rings. The van der Waals surface area contributed by atoms with Gasteiger partial charge in [-0.1, -0.05) is 12.1 Å². The number of aryl methyl sites for hydroxylation is 1. The molecule has 0 bridgehead atoms. The van der Waals surface area contributed by atoms with Crippen molar-refractivity contribution in [1.29, 1.82) is 0 Å². The lowest BCUT2D eigenvalue weighted by Crippen LogP contribution is -2.50. The number of hydrogen-bond acceptors (Lipinski definition) is 3. The number of anilines is 2. The molecule has 0 fully saturated rings. The van der Waals surface area contributed by atoms with Gasteiger partial charge >= 0.3 is 24.6 Å². The molecular weight excluding hydrogens is 604 g/mol. The van der Waals surface area contributed by atoms with Crippen LogP contribution in [-0.4, -0.2) is 30.8 Å². The Kier molecular flexibility index (Phi) is 8.74. The molecule has 0 aromatic heterocycles. The molecular formula is C25H14F12N2O3. The zero-order valence-electron chi connectivity index (χ0n) is 20.5. The van der Waals surface area contributed by atoms with Crippen LogP contribution in [0.1, 0.15) is 31.8 Å². The van der Waals surface area contributed by atoms with E-state index in [2.05, 4.69) is 4.74 Å². The van der Waals surface area contributed by atoms with E-state index in [0.29, 0.717) is 13.0 Å². The van der Waals surface area contributed by atoms with Crippen LogP contribution in [-0.2, 0) is 5.67 Å². The quantitative estimate of drug-likeness (QED) is 0.266. The maximum Gasteiger partial charge on any atom is 0.435 e. The number of rotatable bonds is 7. The summed E-state index contributed by atoms with van der Waals surface area (Å²) in [4.78, 5) is 25.1. The molecule has 0 saturated carbocycles. The first kappa shape index (κ1) is 32.1. The Labute approximate surface area is 227 Å². The van der Waals surface area contributed by atoms with Crippen LogP contribution < -0.4 is 15.4 Å². The number of halogens is 12. The molecule has 5 nitrogen and oxygen atoms in total. The summed E-state index contributed by atoms with van der Waals surface area (Å²) < 4.78 is 166. The number of amides is 2. The number of ether oxygens (including phenoxy) is 1. The normalized spacial score (nSPS) is 12.3. The lowest BCUT2D eigenvalue weighted by atomic mass is 9.92. The highest BCUT2D eigenvalue weighted by atomic mass is 19.4.